The summed E-state index contributed by atoms with van der Waals surface area (Å²) in [6.07, 6.45) is 0. The van der Waals surface area contributed by atoms with Gasteiger partial charge in [0.2, 0.25) is 0 Å². The fraction of sp³-hybridized carbons (Fsp3) is 0. The number of H-pyrrole nitrogens is 1. The summed E-state index contributed by atoms with van der Waals surface area (Å²) in [5.74, 6) is 0. The number of hydrogen-bond donors (Lipinski definition) is 1. The SMILES string of the molecule is c1ccc2nc3cc4c(cc3cc2c1)[nH]c1ccccc14. The van der Waals surface area contributed by atoms with Crippen LogP contribution in [-0.4, -0.2) is 9.97 Å². The molecule has 0 spiro atoms. The van der Waals surface area contributed by atoms with Crippen molar-refractivity contribution in [2.45, 2.75) is 0 Å². The number of hydrogen-bond acceptors (Lipinski definition) is 1. The van der Waals surface area contributed by atoms with Crippen LogP contribution in [0, 0.1) is 0 Å². The molecule has 3 aromatic carbocycles. The number of benzene rings is 3. The molecule has 0 bridgehead atoms. The van der Waals surface area contributed by atoms with Crippen LogP contribution >= 0.6 is 0 Å². The number of fused-ring (bicyclic) bond motifs is 5. The predicted molar refractivity (Wildman–Crippen MR) is 88.6 cm³/mol. The average Bonchev–Trinajstić information content (AvgIpc) is 2.88. The Morgan fingerprint density at radius 3 is 2.48 bits per heavy atom. The average molecular weight is 268 g/mol. The first-order valence-corrected chi connectivity index (χ1v) is 7.08. The smallest absolute Gasteiger partial charge is 0.0717 e. The minimum Gasteiger partial charge on any atom is -0.354 e. The van der Waals surface area contributed by atoms with E-state index in [4.69, 9.17) is 4.98 Å². The fourth-order valence-electron chi connectivity index (χ4n) is 3.12. The van der Waals surface area contributed by atoms with Crippen LogP contribution in [0.15, 0.2) is 66.7 Å². The standard InChI is InChI=1S/C19H12N2/c1-3-7-16-12(5-1)9-13-10-19-15(11-18(13)20-16)14-6-2-4-8-17(14)21-19/h1-11,21H. The molecule has 0 saturated carbocycles. The van der Waals surface area contributed by atoms with Gasteiger partial charge >= 0.3 is 0 Å². The van der Waals surface area contributed by atoms with Crippen LogP contribution in [0.2, 0.25) is 0 Å². The monoisotopic (exact) mass is 268 g/mol. The van der Waals surface area contributed by atoms with Gasteiger partial charge in [0.15, 0.2) is 0 Å². The van der Waals surface area contributed by atoms with E-state index in [0.29, 0.717) is 0 Å². The Bertz CT molecular complexity index is 1130. The van der Waals surface area contributed by atoms with Gasteiger partial charge in [-0.25, -0.2) is 4.98 Å². The van der Waals surface area contributed by atoms with E-state index < -0.39 is 0 Å². The van der Waals surface area contributed by atoms with Crippen molar-refractivity contribution < 1.29 is 0 Å². The van der Waals surface area contributed by atoms with E-state index >= 15 is 0 Å². The van der Waals surface area contributed by atoms with Crippen molar-refractivity contribution in [3.05, 3.63) is 66.7 Å². The van der Waals surface area contributed by atoms with Gasteiger partial charge in [-0.05, 0) is 30.3 Å². The van der Waals surface area contributed by atoms with Gasteiger partial charge in [-0.3, -0.25) is 0 Å². The maximum Gasteiger partial charge on any atom is 0.0717 e. The largest absolute Gasteiger partial charge is 0.354 e. The summed E-state index contributed by atoms with van der Waals surface area (Å²) >= 11 is 0. The molecule has 2 nitrogen and oxygen atoms in total. The van der Waals surface area contributed by atoms with E-state index in [-0.39, 0.29) is 0 Å². The zero-order chi connectivity index (χ0) is 13.8. The molecule has 2 aromatic heterocycles. The third kappa shape index (κ3) is 1.50. The van der Waals surface area contributed by atoms with Crippen molar-refractivity contribution in [2.75, 3.05) is 0 Å². The highest BCUT2D eigenvalue weighted by atomic mass is 14.7. The molecule has 21 heavy (non-hydrogen) atoms. The van der Waals surface area contributed by atoms with Crippen molar-refractivity contribution in [1.29, 1.82) is 0 Å². The number of para-hydroxylation sites is 2. The highest BCUT2D eigenvalue weighted by Gasteiger charge is 2.07. The van der Waals surface area contributed by atoms with Gasteiger partial charge in [-0.15, -0.1) is 0 Å². The quantitative estimate of drug-likeness (QED) is 0.392. The Morgan fingerprint density at radius 1 is 0.619 bits per heavy atom. The Kier molecular flexibility index (Phi) is 1.98. The highest BCUT2D eigenvalue weighted by molar-refractivity contribution is 6.12. The van der Waals surface area contributed by atoms with Gasteiger partial charge in [0.05, 0.1) is 11.0 Å². The topological polar surface area (TPSA) is 28.7 Å². The molecule has 0 aliphatic carbocycles. The highest BCUT2D eigenvalue weighted by Crippen LogP contribution is 2.30. The predicted octanol–water partition coefficient (Wildman–Crippen LogP) is 5.02. The van der Waals surface area contributed by atoms with Gasteiger partial charge in [0.25, 0.3) is 0 Å². The minimum atomic E-state index is 1.05. The molecule has 0 unspecified atom stereocenters. The van der Waals surface area contributed by atoms with Gasteiger partial charge in [0, 0.05) is 32.6 Å². The van der Waals surface area contributed by atoms with Crippen molar-refractivity contribution in [3.63, 3.8) is 0 Å². The lowest BCUT2D eigenvalue weighted by Crippen LogP contribution is -1.82. The van der Waals surface area contributed by atoms with Gasteiger partial charge in [-0.2, -0.15) is 0 Å². The van der Waals surface area contributed by atoms with Crippen LogP contribution in [0.5, 0.6) is 0 Å². The first-order valence-electron chi connectivity index (χ1n) is 7.08. The molecule has 0 saturated heterocycles. The van der Waals surface area contributed by atoms with Crippen LogP contribution in [0.4, 0.5) is 0 Å². The molecule has 5 rings (SSSR count). The molecule has 2 heterocycles. The van der Waals surface area contributed by atoms with E-state index in [1.54, 1.807) is 0 Å². The third-order valence-electron chi connectivity index (χ3n) is 4.14. The molecule has 0 fully saturated rings. The maximum atomic E-state index is 4.80. The molecule has 5 aromatic rings. The van der Waals surface area contributed by atoms with Crippen LogP contribution in [0.3, 0.4) is 0 Å². The number of nitrogens with one attached hydrogen (secondary N) is 1. The number of rotatable bonds is 0. The lowest BCUT2D eigenvalue weighted by Gasteiger charge is -2.02. The Morgan fingerprint density at radius 2 is 1.48 bits per heavy atom. The first-order chi connectivity index (χ1) is 10.4. The summed E-state index contributed by atoms with van der Waals surface area (Å²) in [7, 11) is 0. The van der Waals surface area contributed by atoms with Crippen LogP contribution in [-0.2, 0) is 0 Å². The summed E-state index contributed by atoms with van der Waals surface area (Å²) in [6, 6.07) is 23.3. The summed E-state index contributed by atoms with van der Waals surface area (Å²) in [4.78, 5) is 8.29. The summed E-state index contributed by atoms with van der Waals surface area (Å²) in [5.41, 5.74) is 4.43. The lowest BCUT2D eigenvalue weighted by molar-refractivity contribution is 1.50. The summed E-state index contributed by atoms with van der Waals surface area (Å²) < 4.78 is 0. The number of aromatic nitrogens is 2. The lowest BCUT2D eigenvalue weighted by atomic mass is 10.1. The molecular formula is C19H12N2. The zero-order valence-corrected chi connectivity index (χ0v) is 11.3. The van der Waals surface area contributed by atoms with E-state index in [1.165, 1.54) is 32.6 Å². The molecule has 2 heteroatoms. The Labute approximate surface area is 121 Å². The molecule has 0 aliphatic heterocycles. The van der Waals surface area contributed by atoms with Gasteiger partial charge in [-0.1, -0.05) is 36.4 Å². The molecule has 0 amide bonds. The van der Waals surface area contributed by atoms with Gasteiger partial charge in [0.1, 0.15) is 0 Å². The van der Waals surface area contributed by atoms with Gasteiger partial charge < -0.3 is 4.98 Å². The normalized spacial score (nSPS) is 11.8. The van der Waals surface area contributed by atoms with Crippen LogP contribution in [0.25, 0.3) is 43.6 Å². The fourth-order valence-corrected chi connectivity index (χ4v) is 3.12. The molecule has 98 valence electrons. The second-order valence-electron chi connectivity index (χ2n) is 5.44. The zero-order valence-electron chi connectivity index (χ0n) is 11.3. The third-order valence-corrected chi connectivity index (χ3v) is 4.14. The van der Waals surface area contributed by atoms with E-state index in [0.717, 1.165) is 11.0 Å². The summed E-state index contributed by atoms with van der Waals surface area (Å²) in [5, 5.41) is 4.85. The number of aromatic amines is 1. The molecule has 0 atom stereocenters. The molecule has 1 N–H and O–H groups in total. The molecule has 0 radical (unpaired) electrons. The van der Waals surface area contributed by atoms with Crippen molar-refractivity contribution in [1.82, 2.24) is 9.97 Å². The molecule has 0 aliphatic rings. The second-order valence-corrected chi connectivity index (χ2v) is 5.44. The maximum absolute atomic E-state index is 4.80. The van der Waals surface area contributed by atoms with Crippen LogP contribution in [0.1, 0.15) is 0 Å². The van der Waals surface area contributed by atoms with Crippen molar-refractivity contribution >= 4 is 43.6 Å². The van der Waals surface area contributed by atoms with E-state index in [2.05, 4.69) is 65.6 Å². The van der Waals surface area contributed by atoms with E-state index in [9.17, 15) is 0 Å². The van der Waals surface area contributed by atoms with Crippen molar-refractivity contribution in [3.8, 4) is 0 Å². The van der Waals surface area contributed by atoms with Crippen molar-refractivity contribution in [2.24, 2.45) is 0 Å². The second kappa shape index (κ2) is 3.83. The first kappa shape index (κ1) is 10.9. The van der Waals surface area contributed by atoms with Crippen LogP contribution < -0.4 is 0 Å². The minimum absolute atomic E-state index is 1.05. The number of nitrogens with zero attached hydrogens (tertiary/aromatic N) is 1. The number of pyridine rings is 1. The Balaban J connectivity index is 1.99. The molecular weight excluding hydrogens is 256 g/mol. The Hall–Kier alpha value is -2.87. The summed E-state index contributed by atoms with van der Waals surface area (Å²) in [6.45, 7) is 0. The van der Waals surface area contributed by atoms with E-state index in [1.807, 2.05) is 6.07 Å².